The predicted octanol–water partition coefficient (Wildman–Crippen LogP) is 4.17. The second-order valence-corrected chi connectivity index (χ2v) is 5.49. The van der Waals surface area contributed by atoms with Gasteiger partial charge in [-0.1, -0.05) is 35.3 Å². The van der Waals surface area contributed by atoms with Gasteiger partial charge in [0.05, 0.1) is 15.5 Å². The fraction of sp³-hybridized carbons (Fsp3) is 0.133. The Hall–Kier alpha value is -2.11. The predicted molar refractivity (Wildman–Crippen MR) is 85.4 cm³/mol. The van der Waals surface area contributed by atoms with E-state index < -0.39 is 4.92 Å². The fourth-order valence-corrected chi connectivity index (χ4v) is 2.36. The monoisotopic (exact) mass is 338 g/mol. The van der Waals surface area contributed by atoms with Crippen LogP contribution in [0.5, 0.6) is 0 Å². The maximum atomic E-state index is 12.4. The van der Waals surface area contributed by atoms with Gasteiger partial charge in [0.2, 0.25) is 0 Å². The molecule has 7 heteroatoms. The Balaban J connectivity index is 2.24. The molecule has 2 aromatic carbocycles. The topological polar surface area (TPSA) is 63.4 Å². The van der Waals surface area contributed by atoms with Crippen LogP contribution in [0.3, 0.4) is 0 Å². The van der Waals surface area contributed by atoms with Crippen molar-refractivity contribution in [2.75, 3.05) is 7.05 Å². The molecular weight excluding hydrogens is 327 g/mol. The summed E-state index contributed by atoms with van der Waals surface area (Å²) in [5, 5.41) is 11.5. The summed E-state index contributed by atoms with van der Waals surface area (Å²) in [5.74, 6) is -0.284. The van der Waals surface area contributed by atoms with Gasteiger partial charge < -0.3 is 4.90 Å². The lowest BCUT2D eigenvalue weighted by molar-refractivity contribution is -0.384. The van der Waals surface area contributed by atoms with Crippen LogP contribution in [-0.2, 0) is 6.54 Å². The highest BCUT2D eigenvalue weighted by Crippen LogP contribution is 2.24. The lowest BCUT2D eigenvalue weighted by Crippen LogP contribution is -2.26. The van der Waals surface area contributed by atoms with E-state index in [0.717, 1.165) is 0 Å². The van der Waals surface area contributed by atoms with Crippen molar-refractivity contribution >= 4 is 34.8 Å². The molecule has 0 bridgehead atoms. The molecule has 1 amide bonds. The number of non-ortho nitro benzene ring substituents is 1. The molecule has 5 nitrogen and oxygen atoms in total. The third-order valence-electron chi connectivity index (χ3n) is 3.10. The molecule has 114 valence electrons. The third-order valence-corrected chi connectivity index (χ3v) is 3.80. The second-order valence-electron chi connectivity index (χ2n) is 4.67. The average Bonchev–Trinajstić information content (AvgIpc) is 2.49. The number of halogens is 2. The summed E-state index contributed by atoms with van der Waals surface area (Å²) in [6.07, 6.45) is 0. The Labute approximate surface area is 137 Å². The number of carbonyl (C=O) groups excluding carboxylic acids is 1. The Morgan fingerprint density at radius 2 is 1.86 bits per heavy atom. The van der Waals surface area contributed by atoms with Crippen LogP contribution < -0.4 is 0 Å². The number of nitro benzene ring substituents is 1. The van der Waals surface area contributed by atoms with Gasteiger partial charge in [-0.3, -0.25) is 14.9 Å². The molecule has 0 heterocycles. The quantitative estimate of drug-likeness (QED) is 0.620. The number of hydrogen-bond acceptors (Lipinski definition) is 3. The normalized spacial score (nSPS) is 10.3. The highest BCUT2D eigenvalue weighted by Gasteiger charge is 2.17. The largest absolute Gasteiger partial charge is 0.337 e. The highest BCUT2D eigenvalue weighted by molar-refractivity contribution is 6.33. The van der Waals surface area contributed by atoms with Crippen molar-refractivity contribution in [1.82, 2.24) is 4.90 Å². The van der Waals surface area contributed by atoms with Crippen LogP contribution in [-0.4, -0.2) is 22.8 Å². The van der Waals surface area contributed by atoms with Crippen LogP contribution in [0.15, 0.2) is 42.5 Å². The summed E-state index contributed by atoms with van der Waals surface area (Å²) in [6.45, 7) is 0.143. The van der Waals surface area contributed by atoms with Crippen LogP contribution in [0.1, 0.15) is 15.9 Å². The smallest absolute Gasteiger partial charge is 0.269 e. The molecule has 0 saturated carbocycles. The maximum absolute atomic E-state index is 12.4. The van der Waals surface area contributed by atoms with Crippen LogP contribution in [0.2, 0.25) is 10.0 Å². The minimum atomic E-state index is -0.504. The second kappa shape index (κ2) is 6.77. The van der Waals surface area contributed by atoms with Gasteiger partial charge in [0.15, 0.2) is 0 Å². The van der Waals surface area contributed by atoms with Crippen molar-refractivity contribution in [2.24, 2.45) is 0 Å². The molecule has 0 aromatic heterocycles. The van der Waals surface area contributed by atoms with Crippen LogP contribution in [0.25, 0.3) is 0 Å². The third kappa shape index (κ3) is 3.55. The van der Waals surface area contributed by atoms with E-state index in [9.17, 15) is 14.9 Å². The van der Waals surface area contributed by atoms with E-state index in [1.807, 2.05) is 0 Å². The van der Waals surface area contributed by atoms with Gasteiger partial charge >= 0.3 is 0 Å². The van der Waals surface area contributed by atoms with Gasteiger partial charge in [-0.05, 0) is 23.8 Å². The number of nitrogens with zero attached hydrogens (tertiary/aromatic N) is 2. The number of nitro groups is 1. The lowest BCUT2D eigenvalue weighted by atomic mass is 10.1. The summed E-state index contributed by atoms with van der Waals surface area (Å²) >= 11 is 12.0. The number of carbonyl (C=O) groups is 1. The molecule has 0 aliphatic heterocycles. The van der Waals surface area contributed by atoms with Crippen molar-refractivity contribution in [3.63, 3.8) is 0 Å². The van der Waals surface area contributed by atoms with Crippen molar-refractivity contribution in [2.45, 2.75) is 6.54 Å². The van der Waals surface area contributed by atoms with E-state index in [1.165, 1.54) is 23.1 Å². The molecule has 22 heavy (non-hydrogen) atoms. The summed E-state index contributed by atoms with van der Waals surface area (Å²) < 4.78 is 0. The van der Waals surface area contributed by atoms with Gasteiger partial charge in [0, 0.05) is 30.7 Å². The van der Waals surface area contributed by atoms with Crippen molar-refractivity contribution in [3.8, 4) is 0 Å². The van der Waals surface area contributed by atoms with Crippen molar-refractivity contribution in [3.05, 3.63) is 73.8 Å². The first-order valence-electron chi connectivity index (χ1n) is 6.33. The molecule has 0 atom stereocenters. The molecule has 0 N–H and O–H groups in total. The molecule has 2 aromatic rings. The van der Waals surface area contributed by atoms with E-state index in [0.29, 0.717) is 21.2 Å². The number of rotatable bonds is 4. The Morgan fingerprint density at radius 3 is 2.50 bits per heavy atom. The zero-order valence-corrected chi connectivity index (χ0v) is 13.1. The molecule has 0 fully saturated rings. The molecular formula is C15H12Cl2N2O3. The zero-order valence-electron chi connectivity index (χ0n) is 11.6. The summed E-state index contributed by atoms with van der Waals surface area (Å²) in [7, 11) is 1.58. The lowest BCUT2D eigenvalue weighted by Gasteiger charge is -2.18. The van der Waals surface area contributed by atoms with Gasteiger partial charge in [-0.2, -0.15) is 0 Å². The number of hydrogen-bond donors (Lipinski definition) is 0. The molecule has 0 spiro atoms. The highest BCUT2D eigenvalue weighted by atomic mass is 35.5. The van der Waals surface area contributed by atoms with Crippen molar-refractivity contribution < 1.29 is 9.72 Å². The first-order chi connectivity index (χ1) is 10.4. The number of benzene rings is 2. The zero-order chi connectivity index (χ0) is 16.3. The summed E-state index contributed by atoms with van der Waals surface area (Å²) in [4.78, 5) is 24.1. The minimum absolute atomic E-state index is 0.0713. The van der Waals surface area contributed by atoms with E-state index in [4.69, 9.17) is 23.2 Å². The molecule has 0 aliphatic rings. The fourth-order valence-electron chi connectivity index (χ4n) is 1.96. The Morgan fingerprint density at radius 1 is 1.18 bits per heavy atom. The van der Waals surface area contributed by atoms with Gasteiger partial charge in [0.25, 0.3) is 11.6 Å². The SMILES string of the molecule is CN(Cc1cc([N+](=O)[O-])ccc1Cl)C(=O)c1ccccc1Cl. The Kier molecular flexibility index (Phi) is 5.00. The molecule has 0 unspecified atom stereocenters. The number of amides is 1. The summed E-state index contributed by atoms with van der Waals surface area (Å²) in [5.41, 5.74) is 0.796. The van der Waals surface area contributed by atoms with Gasteiger partial charge in [-0.25, -0.2) is 0 Å². The Bertz CT molecular complexity index is 734. The van der Waals surface area contributed by atoms with E-state index in [1.54, 1.807) is 31.3 Å². The van der Waals surface area contributed by atoms with E-state index >= 15 is 0 Å². The average molecular weight is 339 g/mol. The van der Waals surface area contributed by atoms with Crippen LogP contribution in [0.4, 0.5) is 5.69 Å². The molecule has 0 saturated heterocycles. The standard InChI is InChI=1S/C15H12Cl2N2O3/c1-18(15(20)12-4-2-3-5-14(12)17)9-10-8-11(19(21)22)6-7-13(10)16/h2-8H,9H2,1H3. The van der Waals surface area contributed by atoms with E-state index in [2.05, 4.69) is 0 Å². The van der Waals surface area contributed by atoms with E-state index in [-0.39, 0.29) is 18.1 Å². The van der Waals surface area contributed by atoms with Crippen LogP contribution in [0, 0.1) is 10.1 Å². The van der Waals surface area contributed by atoms with Gasteiger partial charge in [0.1, 0.15) is 0 Å². The van der Waals surface area contributed by atoms with Crippen LogP contribution >= 0.6 is 23.2 Å². The van der Waals surface area contributed by atoms with Crippen molar-refractivity contribution in [1.29, 1.82) is 0 Å². The first-order valence-corrected chi connectivity index (χ1v) is 7.08. The summed E-state index contributed by atoms with van der Waals surface area (Å²) in [6, 6.07) is 10.8. The molecule has 2 rings (SSSR count). The van der Waals surface area contributed by atoms with Gasteiger partial charge in [-0.15, -0.1) is 0 Å². The first kappa shape index (κ1) is 16.3. The minimum Gasteiger partial charge on any atom is -0.337 e. The molecule has 0 aliphatic carbocycles. The molecule has 0 radical (unpaired) electrons. The maximum Gasteiger partial charge on any atom is 0.269 e.